The van der Waals surface area contributed by atoms with Gasteiger partial charge in [0.25, 0.3) is 5.91 Å². The lowest BCUT2D eigenvalue weighted by atomic mass is 10.1. The van der Waals surface area contributed by atoms with Gasteiger partial charge in [-0.2, -0.15) is 0 Å². The fourth-order valence-electron chi connectivity index (χ4n) is 1.75. The molecule has 1 rings (SSSR count). The molecule has 0 spiro atoms. The lowest BCUT2D eigenvalue weighted by Gasteiger charge is -2.18. The lowest BCUT2D eigenvalue weighted by Crippen LogP contribution is -2.28. The SMILES string of the molecule is COc1ccccc1C(=O)N(C)CCCCCCl. The summed E-state index contributed by atoms with van der Waals surface area (Å²) >= 11 is 5.62. The summed E-state index contributed by atoms with van der Waals surface area (Å²) in [6.07, 6.45) is 3.02. The summed E-state index contributed by atoms with van der Waals surface area (Å²) in [6, 6.07) is 7.29. The van der Waals surface area contributed by atoms with E-state index in [1.54, 1.807) is 24.1 Å². The van der Waals surface area contributed by atoms with Gasteiger partial charge in [0.2, 0.25) is 0 Å². The minimum atomic E-state index is -0.00155. The minimum Gasteiger partial charge on any atom is -0.496 e. The van der Waals surface area contributed by atoms with Gasteiger partial charge in [0.05, 0.1) is 12.7 Å². The van der Waals surface area contributed by atoms with Crippen LogP contribution in [0.3, 0.4) is 0 Å². The number of carbonyl (C=O) groups is 1. The van der Waals surface area contributed by atoms with Gasteiger partial charge in [0, 0.05) is 19.5 Å². The van der Waals surface area contributed by atoms with Crippen LogP contribution in [0, 0.1) is 0 Å². The summed E-state index contributed by atoms with van der Waals surface area (Å²) in [6.45, 7) is 0.744. The number of alkyl halides is 1. The maximum atomic E-state index is 12.2. The molecule has 0 saturated heterocycles. The summed E-state index contributed by atoms with van der Waals surface area (Å²) in [7, 11) is 3.39. The molecular weight excluding hydrogens is 250 g/mol. The summed E-state index contributed by atoms with van der Waals surface area (Å²) < 4.78 is 5.19. The van der Waals surface area contributed by atoms with Crippen molar-refractivity contribution in [3.63, 3.8) is 0 Å². The highest BCUT2D eigenvalue weighted by Gasteiger charge is 2.15. The Balaban J connectivity index is 2.57. The molecule has 0 aliphatic rings. The van der Waals surface area contributed by atoms with Gasteiger partial charge in [-0.15, -0.1) is 11.6 Å². The Morgan fingerprint density at radius 3 is 2.67 bits per heavy atom. The molecule has 1 amide bonds. The van der Waals surface area contributed by atoms with Crippen LogP contribution in [-0.4, -0.2) is 37.4 Å². The number of hydrogen-bond acceptors (Lipinski definition) is 2. The number of para-hydroxylation sites is 1. The topological polar surface area (TPSA) is 29.5 Å². The predicted octanol–water partition coefficient (Wildman–Crippen LogP) is 3.18. The van der Waals surface area contributed by atoms with Crippen molar-refractivity contribution in [2.24, 2.45) is 0 Å². The minimum absolute atomic E-state index is 0.00155. The second-order valence-electron chi connectivity index (χ2n) is 4.18. The predicted molar refractivity (Wildman–Crippen MR) is 74.5 cm³/mol. The van der Waals surface area contributed by atoms with Crippen molar-refractivity contribution in [2.75, 3.05) is 26.6 Å². The average Bonchev–Trinajstić information content (AvgIpc) is 2.42. The van der Waals surface area contributed by atoms with Gasteiger partial charge in [-0.1, -0.05) is 18.6 Å². The van der Waals surface area contributed by atoms with E-state index in [1.807, 2.05) is 19.2 Å². The summed E-state index contributed by atoms with van der Waals surface area (Å²) in [5, 5.41) is 0. The number of unbranched alkanes of at least 4 members (excludes halogenated alkanes) is 2. The number of nitrogens with zero attached hydrogens (tertiary/aromatic N) is 1. The molecule has 0 fully saturated rings. The smallest absolute Gasteiger partial charge is 0.257 e. The first kappa shape index (κ1) is 14.8. The Hall–Kier alpha value is -1.22. The van der Waals surface area contributed by atoms with Crippen molar-refractivity contribution in [2.45, 2.75) is 19.3 Å². The maximum absolute atomic E-state index is 12.2. The highest BCUT2D eigenvalue weighted by atomic mass is 35.5. The van der Waals surface area contributed by atoms with Crippen molar-refractivity contribution in [1.82, 2.24) is 4.90 Å². The maximum Gasteiger partial charge on any atom is 0.257 e. The number of halogens is 1. The zero-order chi connectivity index (χ0) is 13.4. The number of rotatable bonds is 7. The van der Waals surface area contributed by atoms with Crippen LogP contribution in [0.1, 0.15) is 29.6 Å². The Kier molecular flexibility index (Phi) is 6.58. The van der Waals surface area contributed by atoms with E-state index in [0.717, 1.165) is 25.8 Å². The lowest BCUT2D eigenvalue weighted by molar-refractivity contribution is 0.0789. The van der Waals surface area contributed by atoms with Crippen molar-refractivity contribution in [3.05, 3.63) is 29.8 Å². The van der Waals surface area contributed by atoms with Crippen molar-refractivity contribution < 1.29 is 9.53 Å². The van der Waals surface area contributed by atoms with Crippen LogP contribution in [0.4, 0.5) is 0 Å². The van der Waals surface area contributed by atoms with E-state index in [0.29, 0.717) is 17.2 Å². The molecule has 18 heavy (non-hydrogen) atoms. The number of methoxy groups -OCH3 is 1. The third-order valence-corrected chi connectivity index (χ3v) is 3.08. The summed E-state index contributed by atoms with van der Waals surface area (Å²) in [5.74, 6) is 1.30. The Morgan fingerprint density at radius 2 is 2.00 bits per heavy atom. The number of ether oxygens (including phenoxy) is 1. The van der Waals surface area contributed by atoms with Gasteiger partial charge in [0.1, 0.15) is 5.75 Å². The van der Waals surface area contributed by atoms with E-state index in [9.17, 15) is 4.79 Å². The molecule has 0 heterocycles. The second kappa shape index (κ2) is 7.98. The molecule has 3 nitrogen and oxygen atoms in total. The highest BCUT2D eigenvalue weighted by molar-refractivity contribution is 6.17. The van der Waals surface area contributed by atoms with Crippen LogP contribution < -0.4 is 4.74 Å². The van der Waals surface area contributed by atoms with Gasteiger partial charge >= 0.3 is 0 Å². The molecule has 0 atom stereocenters. The van der Waals surface area contributed by atoms with Crippen LogP contribution in [0.15, 0.2) is 24.3 Å². The van der Waals surface area contributed by atoms with E-state index in [2.05, 4.69) is 0 Å². The summed E-state index contributed by atoms with van der Waals surface area (Å²) in [5.41, 5.74) is 0.611. The van der Waals surface area contributed by atoms with E-state index >= 15 is 0 Å². The Morgan fingerprint density at radius 1 is 1.28 bits per heavy atom. The van der Waals surface area contributed by atoms with E-state index in [4.69, 9.17) is 16.3 Å². The van der Waals surface area contributed by atoms with Crippen molar-refractivity contribution in [3.8, 4) is 5.75 Å². The van der Waals surface area contributed by atoms with Crippen LogP contribution in [0.25, 0.3) is 0 Å². The quantitative estimate of drug-likeness (QED) is 0.562. The summed E-state index contributed by atoms with van der Waals surface area (Å²) in [4.78, 5) is 13.9. The number of amides is 1. The molecule has 1 aromatic carbocycles. The molecule has 100 valence electrons. The number of hydrogen-bond donors (Lipinski definition) is 0. The normalized spacial score (nSPS) is 10.2. The van der Waals surface area contributed by atoms with Crippen molar-refractivity contribution >= 4 is 17.5 Å². The first-order valence-corrected chi connectivity index (χ1v) is 6.68. The third kappa shape index (κ3) is 4.22. The first-order chi connectivity index (χ1) is 8.70. The van der Waals surface area contributed by atoms with Crippen LogP contribution in [0.2, 0.25) is 0 Å². The molecule has 0 unspecified atom stereocenters. The van der Waals surface area contributed by atoms with E-state index in [-0.39, 0.29) is 5.91 Å². The number of carbonyl (C=O) groups excluding carboxylic acids is 1. The Labute approximate surface area is 114 Å². The van der Waals surface area contributed by atoms with Crippen LogP contribution >= 0.6 is 11.6 Å². The molecule has 0 aliphatic heterocycles. The van der Waals surface area contributed by atoms with E-state index < -0.39 is 0 Å². The standard InChI is InChI=1S/C14H20ClNO2/c1-16(11-7-3-6-10-15)14(17)12-8-4-5-9-13(12)18-2/h4-5,8-9H,3,6-7,10-11H2,1-2H3. The molecular formula is C14H20ClNO2. The molecule has 4 heteroatoms. The molecule has 0 aromatic heterocycles. The van der Waals surface area contributed by atoms with Gasteiger partial charge in [-0.25, -0.2) is 0 Å². The largest absolute Gasteiger partial charge is 0.496 e. The zero-order valence-electron chi connectivity index (χ0n) is 11.0. The fraction of sp³-hybridized carbons (Fsp3) is 0.500. The van der Waals surface area contributed by atoms with Crippen LogP contribution in [0.5, 0.6) is 5.75 Å². The molecule has 1 aromatic rings. The third-order valence-electron chi connectivity index (χ3n) is 2.81. The second-order valence-corrected chi connectivity index (χ2v) is 4.55. The van der Waals surface area contributed by atoms with Gasteiger partial charge in [0.15, 0.2) is 0 Å². The van der Waals surface area contributed by atoms with E-state index in [1.165, 1.54) is 0 Å². The van der Waals surface area contributed by atoms with Gasteiger partial charge in [-0.3, -0.25) is 4.79 Å². The van der Waals surface area contributed by atoms with Gasteiger partial charge < -0.3 is 9.64 Å². The molecule has 0 bridgehead atoms. The fourth-order valence-corrected chi connectivity index (χ4v) is 1.94. The molecule has 0 saturated carbocycles. The number of benzene rings is 1. The van der Waals surface area contributed by atoms with Crippen LogP contribution in [-0.2, 0) is 0 Å². The van der Waals surface area contributed by atoms with Crippen molar-refractivity contribution in [1.29, 1.82) is 0 Å². The Bertz CT molecular complexity index is 382. The molecule has 0 N–H and O–H groups in total. The highest BCUT2D eigenvalue weighted by Crippen LogP contribution is 2.19. The first-order valence-electron chi connectivity index (χ1n) is 6.15. The average molecular weight is 270 g/mol. The van der Waals surface area contributed by atoms with Gasteiger partial charge in [-0.05, 0) is 25.0 Å². The zero-order valence-corrected chi connectivity index (χ0v) is 11.7. The monoisotopic (exact) mass is 269 g/mol. The molecule has 0 aliphatic carbocycles. The molecule has 0 radical (unpaired) electrons.